The monoisotopic (exact) mass is 223 g/mol. The highest BCUT2D eigenvalue weighted by atomic mass is 16.5. The molecule has 0 amide bonds. The number of ketones is 1. The van der Waals surface area contributed by atoms with Crippen LogP contribution in [0.2, 0.25) is 0 Å². The normalized spacial score (nSPS) is 12.2. The van der Waals surface area contributed by atoms with Crippen molar-refractivity contribution in [2.45, 2.75) is 19.4 Å². The van der Waals surface area contributed by atoms with Gasteiger partial charge in [0.15, 0.2) is 5.78 Å². The maximum absolute atomic E-state index is 11.6. The fraction of sp³-hybridized carbons (Fsp3) is 0.417. The number of carbonyl (C=O) groups excluding carboxylic acids is 1. The Kier molecular flexibility index (Phi) is 4.95. The van der Waals surface area contributed by atoms with E-state index in [9.17, 15) is 4.79 Å². The minimum atomic E-state index is -0.610. The largest absolute Gasteiger partial charge is 0.492 e. The Morgan fingerprint density at radius 1 is 1.44 bits per heavy atom. The summed E-state index contributed by atoms with van der Waals surface area (Å²) in [6, 6.07) is 6.84. The van der Waals surface area contributed by atoms with Crippen LogP contribution in [0.25, 0.3) is 0 Å². The minimum Gasteiger partial charge on any atom is -0.492 e. The highest BCUT2D eigenvalue weighted by Gasteiger charge is 2.08. The maximum Gasteiger partial charge on any atom is 0.165 e. The van der Waals surface area contributed by atoms with Gasteiger partial charge in [-0.05, 0) is 31.2 Å². The van der Waals surface area contributed by atoms with E-state index in [1.807, 2.05) is 0 Å². The highest BCUT2D eigenvalue weighted by molar-refractivity contribution is 5.96. The van der Waals surface area contributed by atoms with Gasteiger partial charge in [0.25, 0.3) is 0 Å². The first-order valence-electron chi connectivity index (χ1n) is 5.27. The maximum atomic E-state index is 11.6. The lowest BCUT2D eigenvalue weighted by atomic mass is 10.1. The molecule has 0 saturated carbocycles. The van der Waals surface area contributed by atoms with Gasteiger partial charge in [0.2, 0.25) is 0 Å². The van der Waals surface area contributed by atoms with E-state index in [2.05, 4.69) is 0 Å². The highest BCUT2D eigenvalue weighted by Crippen LogP contribution is 2.13. The average Bonchev–Trinajstić information content (AvgIpc) is 2.26. The van der Waals surface area contributed by atoms with E-state index in [1.54, 1.807) is 31.2 Å². The number of Topliss-reactive ketones (excluding diaryl/α,β-unsaturated/α-hetero) is 1. The number of aliphatic hydroxyl groups is 1. The van der Waals surface area contributed by atoms with Crippen LogP contribution in [0.3, 0.4) is 0 Å². The molecule has 0 bridgehead atoms. The van der Waals surface area contributed by atoms with Crippen molar-refractivity contribution in [1.82, 2.24) is 0 Å². The van der Waals surface area contributed by atoms with Gasteiger partial charge in [0.1, 0.15) is 12.4 Å². The van der Waals surface area contributed by atoms with Crippen molar-refractivity contribution in [1.29, 1.82) is 0 Å². The molecule has 1 aromatic rings. The summed E-state index contributed by atoms with van der Waals surface area (Å²) < 4.78 is 5.29. The van der Waals surface area contributed by atoms with Gasteiger partial charge in [0.05, 0.1) is 6.10 Å². The van der Waals surface area contributed by atoms with Crippen molar-refractivity contribution >= 4 is 5.78 Å². The third kappa shape index (κ3) is 4.00. The predicted molar refractivity (Wildman–Crippen MR) is 61.6 cm³/mol. The van der Waals surface area contributed by atoms with E-state index in [1.165, 1.54) is 0 Å². The minimum absolute atomic E-state index is 0.0691. The third-order valence-corrected chi connectivity index (χ3v) is 2.04. The van der Waals surface area contributed by atoms with E-state index in [0.717, 1.165) is 0 Å². The first kappa shape index (κ1) is 12.7. The van der Waals surface area contributed by atoms with Crippen LogP contribution in [-0.2, 0) is 0 Å². The smallest absolute Gasteiger partial charge is 0.165 e. The Morgan fingerprint density at radius 2 is 2.06 bits per heavy atom. The zero-order valence-electron chi connectivity index (χ0n) is 9.35. The molecular weight excluding hydrogens is 206 g/mol. The van der Waals surface area contributed by atoms with Crippen LogP contribution in [0.5, 0.6) is 5.75 Å². The molecule has 1 rings (SSSR count). The zero-order valence-corrected chi connectivity index (χ0v) is 9.35. The Bertz CT molecular complexity index is 333. The summed E-state index contributed by atoms with van der Waals surface area (Å²) in [6.45, 7) is 2.51. The molecule has 0 radical (unpaired) electrons. The molecule has 88 valence electrons. The molecule has 0 heterocycles. The number of rotatable bonds is 6. The Morgan fingerprint density at radius 3 is 2.56 bits per heavy atom. The number of aliphatic hydroxyl groups excluding tert-OH is 1. The molecule has 0 saturated heterocycles. The van der Waals surface area contributed by atoms with Gasteiger partial charge in [-0.1, -0.05) is 0 Å². The van der Waals surface area contributed by atoms with Gasteiger partial charge >= 0.3 is 0 Å². The molecule has 1 aromatic carbocycles. The van der Waals surface area contributed by atoms with Crippen LogP contribution >= 0.6 is 0 Å². The molecule has 1 unspecified atom stereocenters. The molecule has 1 atom stereocenters. The van der Waals surface area contributed by atoms with Crippen molar-refractivity contribution in [3.05, 3.63) is 29.8 Å². The fourth-order valence-electron chi connectivity index (χ4n) is 1.30. The van der Waals surface area contributed by atoms with E-state index in [4.69, 9.17) is 15.6 Å². The number of nitrogens with two attached hydrogens (primary N) is 1. The Balaban J connectivity index is 2.60. The quantitative estimate of drug-likeness (QED) is 0.705. The van der Waals surface area contributed by atoms with Crippen molar-refractivity contribution in [2.24, 2.45) is 5.73 Å². The van der Waals surface area contributed by atoms with Crippen LogP contribution in [0.4, 0.5) is 0 Å². The van der Waals surface area contributed by atoms with Crippen LogP contribution < -0.4 is 10.5 Å². The predicted octanol–water partition coefficient (Wildman–Crippen LogP) is 0.978. The van der Waals surface area contributed by atoms with Gasteiger partial charge in [-0.25, -0.2) is 0 Å². The average molecular weight is 223 g/mol. The van der Waals surface area contributed by atoms with Crippen LogP contribution in [0.1, 0.15) is 23.7 Å². The summed E-state index contributed by atoms with van der Waals surface area (Å²) in [5, 5.41) is 9.10. The number of carbonyl (C=O) groups is 1. The van der Waals surface area contributed by atoms with Gasteiger partial charge in [0, 0.05) is 18.5 Å². The molecule has 4 heteroatoms. The van der Waals surface area contributed by atoms with Crippen LogP contribution in [0, 0.1) is 0 Å². The molecule has 0 aliphatic heterocycles. The van der Waals surface area contributed by atoms with E-state index < -0.39 is 6.10 Å². The summed E-state index contributed by atoms with van der Waals surface area (Å²) >= 11 is 0. The van der Waals surface area contributed by atoms with Crippen molar-refractivity contribution in [2.75, 3.05) is 13.2 Å². The SMILES string of the molecule is CC(O)CC(=O)c1ccc(OCCN)cc1. The second kappa shape index (κ2) is 6.25. The molecule has 0 spiro atoms. The van der Waals surface area contributed by atoms with E-state index in [0.29, 0.717) is 24.5 Å². The van der Waals surface area contributed by atoms with Gasteiger partial charge in [-0.3, -0.25) is 4.79 Å². The number of ether oxygens (including phenoxy) is 1. The summed E-state index contributed by atoms with van der Waals surface area (Å²) in [5.74, 6) is 0.624. The first-order chi connectivity index (χ1) is 7.63. The first-order valence-corrected chi connectivity index (χ1v) is 5.27. The summed E-state index contributed by atoms with van der Waals surface area (Å²) in [6.07, 6.45) is -0.469. The molecule has 0 aliphatic carbocycles. The van der Waals surface area contributed by atoms with Crippen molar-refractivity contribution in [3.8, 4) is 5.75 Å². The fourth-order valence-corrected chi connectivity index (χ4v) is 1.30. The summed E-state index contributed by atoms with van der Waals surface area (Å²) in [5.41, 5.74) is 5.89. The molecule has 0 aliphatic rings. The van der Waals surface area contributed by atoms with Crippen molar-refractivity contribution < 1.29 is 14.6 Å². The topological polar surface area (TPSA) is 72.5 Å². The molecule has 16 heavy (non-hydrogen) atoms. The lowest BCUT2D eigenvalue weighted by molar-refractivity contribution is 0.0901. The molecule has 0 fully saturated rings. The Hall–Kier alpha value is -1.39. The molecular formula is C12H17NO3. The molecule has 0 aromatic heterocycles. The summed E-state index contributed by atoms with van der Waals surface area (Å²) in [7, 11) is 0. The standard InChI is InChI=1S/C12H17NO3/c1-9(14)8-12(15)10-2-4-11(5-3-10)16-7-6-13/h2-5,9,14H,6-8,13H2,1H3. The second-order valence-corrected chi connectivity index (χ2v) is 3.64. The van der Waals surface area contributed by atoms with Gasteiger partial charge in [-0.15, -0.1) is 0 Å². The van der Waals surface area contributed by atoms with E-state index in [-0.39, 0.29) is 12.2 Å². The Labute approximate surface area is 95.0 Å². The van der Waals surface area contributed by atoms with Gasteiger partial charge < -0.3 is 15.6 Å². The second-order valence-electron chi connectivity index (χ2n) is 3.64. The van der Waals surface area contributed by atoms with Crippen LogP contribution in [0.15, 0.2) is 24.3 Å². The number of hydrogen-bond acceptors (Lipinski definition) is 4. The molecule has 3 N–H and O–H groups in total. The van der Waals surface area contributed by atoms with Crippen molar-refractivity contribution in [3.63, 3.8) is 0 Å². The lowest BCUT2D eigenvalue weighted by Crippen LogP contribution is -2.11. The number of benzene rings is 1. The zero-order chi connectivity index (χ0) is 12.0. The lowest BCUT2D eigenvalue weighted by Gasteiger charge is -2.06. The van der Waals surface area contributed by atoms with E-state index >= 15 is 0 Å². The molecule has 4 nitrogen and oxygen atoms in total. The van der Waals surface area contributed by atoms with Crippen LogP contribution in [-0.4, -0.2) is 30.1 Å². The number of hydrogen-bond donors (Lipinski definition) is 2. The third-order valence-electron chi connectivity index (χ3n) is 2.04. The summed E-state index contributed by atoms with van der Waals surface area (Å²) in [4.78, 5) is 11.6. The van der Waals surface area contributed by atoms with Gasteiger partial charge in [-0.2, -0.15) is 0 Å².